The van der Waals surface area contributed by atoms with E-state index < -0.39 is 12.2 Å². The summed E-state index contributed by atoms with van der Waals surface area (Å²) < 4.78 is 0. The minimum atomic E-state index is -1.33. The number of nitrogens with two attached hydrogens (primary N) is 1. The van der Waals surface area contributed by atoms with Gasteiger partial charge in [0.2, 0.25) is 0 Å². The van der Waals surface area contributed by atoms with Gasteiger partial charge in [-0.15, -0.1) is 0 Å². The molecule has 16 heavy (non-hydrogen) atoms. The van der Waals surface area contributed by atoms with E-state index in [4.69, 9.17) is 15.0 Å². The van der Waals surface area contributed by atoms with Crippen molar-refractivity contribution in [3.05, 3.63) is 0 Å². The fourth-order valence-corrected chi connectivity index (χ4v) is 1.17. The van der Waals surface area contributed by atoms with E-state index in [0.29, 0.717) is 12.5 Å². The van der Waals surface area contributed by atoms with Crippen molar-refractivity contribution in [2.24, 2.45) is 11.7 Å². The molecule has 0 spiro atoms. The van der Waals surface area contributed by atoms with E-state index in [9.17, 15) is 4.79 Å². The van der Waals surface area contributed by atoms with E-state index >= 15 is 0 Å². The van der Waals surface area contributed by atoms with Gasteiger partial charge in [-0.3, -0.25) is 0 Å². The molecule has 5 N–H and O–H groups in total. The number of rotatable bonds is 6. The van der Waals surface area contributed by atoms with Crippen molar-refractivity contribution in [3.63, 3.8) is 0 Å². The Hall–Kier alpha value is -1.46. The van der Waals surface area contributed by atoms with Gasteiger partial charge in [-0.1, -0.05) is 33.1 Å². The molecule has 0 aromatic carbocycles. The van der Waals surface area contributed by atoms with Crippen molar-refractivity contribution >= 4 is 12.2 Å². The SMILES string of the molecule is CCCCC(CC)CNC(=O)O.NC(=O)O. The van der Waals surface area contributed by atoms with Gasteiger partial charge in [0.05, 0.1) is 0 Å². The van der Waals surface area contributed by atoms with Crippen LogP contribution in [0.4, 0.5) is 9.59 Å². The van der Waals surface area contributed by atoms with Gasteiger partial charge in [0.1, 0.15) is 0 Å². The van der Waals surface area contributed by atoms with Crippen LogP contribution in [0, 0.1) is 5.92 Å². The predicted octanol–water partition coefficient (Wildman–Crippen LogP) is 2.09. The number of unbranched alkanes of at least 4 members (excludes halogenated alkanes) is 1. The molecule has 0 aliphatic rings. The number of primary amides is 1. The first-order valence-electron chi connectivity index (χ1n) is 5.39. The van der Waals surface area contributed by atoms with E-state index in [-0.39, 0.29) is 0 Å². The average molecular weight is 234 g/mol. The van der Waals surface area contributed by atoms with Crippen LogP contribution in [0.15, 0.2) is 0 Å². The lowest BCUT2D eigenvalue weighted by Gasteiger charge is -2.13. The molecule has 0 aliphatic carbocycles. The molecular formula is C10H22N2O4. The Morgan fingerprint density at radius 2 is 1.81 bits per heavy atom. The minimum Gasteiger partial charge on any atom is -0.465 e. The Morgan fingerprint density at radius 1 is 1.31 bits per heavy atom. The summed E-state index contributed by atoms with van der Waals surface area (Å²) in [5.41, 5.74) is 4.03. The Kier molecular flexibility index (Phi) is 12.3. The number of carbonyl (C=O) groups is 2. The largest absolute Gasteiger partial charge is 0.465 e. The number of amides is 2. The van der Waals surface area contributed by atoms with Gasteiger partial charge >= 0.3 is 12.2 Å². The maximum absolute atomic E-state index is 10.2. The molecule has 1 unspecified atom stereocenters. The zero-order valence-electron chi connectivity index (χ0n) is 9.90. The molecule has 0 aromatic heterocycles. The Morgan fingerprint density at radius 3 is 2.12 bits per heavy atom. The van der Waals surface area contributed by atoms with Crippen LogP contribution in [-0.4, -0.2) is 28.9 Å². The van der Waals surface area contributed by atoms with Crippen LogP contribution in [-0.2, 0) is 0 Å². The van der Waals surface area contributed by atoms with Crippen LogP contribution in [0.5, 0.6) is 0 Å². The summed E-state index contributed by atoms with van der Waals surface area (Å²) in [6, 6.07) is 0. The summed E-state index contributed by atoms with van der Waals surface area (Å²) in [6.07, 6.45) is 2.32. The molecule has 0 saturated carbocycles. The Labute approximate surface area is 95.8 Å². The fraction of sp³-hybridized carbons (Fsp3) is 0.800. The zero-order valence-corrected chi connectivity index (χ0v) is 9.90. The second-order valence-electron chi connectivity index (χ2n) is 3.44. The summed E-state index contributed by atoms with van der Waals surface area (Å²) in [4.78, 5) is 19.0. The molecule has 0 aliphatic heterocycles. The highest BCUT2D eigenvalue weighted by Gasteiger charge is 2.06. The Bertz CT molecular complexity index is 193. The summed E-state index contributed by atoms with van der Waals surface area (Å²) in [5.74, 6) is 0.515. The minimum absolute atomic E-state index is 0.515. The number of hydrogen-bond donors (Lipinski definition) is 4. The maximum atomic E-state index is 10.2. The van der Waals surface area contributed by atoms with E-state index in [1.54, 1.807) is 0 Å². The van der Waals surface area contributed by atoms with Crippen molar-refractivity contribution in [1.82, 2.24) is 5.32 Å². The quantitative estimate of drug-likeness (QED) is 0.563. The summed E-state index contributed by atoms with van der Waals surface area (Å²) in [7, 11) is 0. The highest BCUT2D eigenvalue weighted by molar-refractivity contribution is 5.64. The van der Waals surface area contributed by atoms with Gasteiger partial charge in [0, 0.05) is 6.54 Å². The lowest BCUT2D eigenvalue weighted by molar-refractivity contribution is 0.191. The molecule has 0 rings (SSSR count). The maximum Gasteiger partial charge on any atom is 0.404 e. The highest BCUT2D eigenvalue weighted by atomic mass is 16.4. The van der Waals surface area contributed by atoms with Crippen molar-refractivity contribution < 1.29 is 19.8 Å². The smallest absolute Gasteiger partial charge is 0.404 e. The van der Waals surface area contributed by atoms with Gasteiger partial charge in [0.15, 0.2) is 0 Å². The molecular weight excluding hydrogens is 212 g/mol. The topological polar surface area (TPSA) is 113 Å². The van der Waals surface area contributed by atoms with Gasteiger partial charge in [-0.25, -0.2) is 9.59 Å². The summed E-state index contributed by atoms with van der Waals surface area (Å²) >= 11 is 0. The molecule has 0 radical (unpaired) electrons. The normalized spacial score (nSPS) is 10.9. The molecule has 6 nitrogen and oxygen atoms in total. The van der Waals surface area contributed by atoms with E-state index in [2.05, 4.69) is 24.9 Å². The van der Waals surface area contributed by atoms with Gasteiger partial charge in [-0.2, -0.15) is 0 Å². The highest BCUT2D eigenvalue weighted by Crippen LogP contribution is 2.10. The molecule has 0 saturated heterocycles. The third kappa shape index (κ3) is 18.3. The van der Waals surface area contributed by atoms with E-state index in [1.165, 1.54) is 12.8 Å². The summed E-state index contributed by atoms with van der Waals surface area (Å²) in [6.45, 7) is 4.85. The number of carboxylic acid groups (broad SMARTS) is 2. The lowest BCUT2D eigenvalue weighted by atomic mass is 10.00. The first kappa shape index (κ1) is 17.0. The molecule has 96 valence electrons. The van der Waals surface area contributed by atoms with Crippen LogP contribution in [0.1, 0.15) is 39.5 Å². The van der Waals surface area contributed by atoms with Crippen molar-refractivity contribution in [1.29, 1.82) is 0 Å². The standard InChI is InChI=1S/C9H19NO2.CH3NO2/c1-3-5-6-8(4-2)7-10-9(11)12;2-1(3)4/h8,10H,3-7H2,1-2H3,(H,11,12);2H2,(H,3,4). The van der Waals surface area contributed by atoms with Crippen molar-refractivity contribution in [2.75, 3.05) is 6.54 Å². The van der Waals surface area contributed by atoms with Crippen molar-refractivity contribution in [3.8, 4) is 0 Å². The molecule has 2 amide bonds. The van der Waals surface area contributed by atoms with E-state index in [0.717, 1.165) is 12.8 Å². The molecule has 0 aromatic rings. The van der Waals surface area contributed by atoms with Crippen LogP contribution in [0.3, 0.4) is 0 Å². The number of hydrogen-bond acceptors (Lipinski definition) is 2. The Balaban J connectivity index is 0. The average Bonchev–Trinajstić information content (AvgIpc) is 2.17. The van der Waals surface area contributed by atoms with Gasteiger partial charge < -0.3 is 21.3 Å². The van der Waals surface area contributed by atoms with E-state index in [1.807, 2.05) is 0 Å². The van der Waals surface area contributed by atoms with Crippen LogP contribution in [0.25, 0.3) is 0 Å². The second-order valence-corrected chi connectivity index (χ2v) is 3.44. The third-order valence-electron chi connectivity index (χ3n) is 2.09. The van der Waals surface area contributed by atoms with Crippen LogP contribution < -0.4 is 11.1 Å². The first-order valence-corrected chi connectivity index (χ1v) is 5.39. The molecule has 0 fully saturated rings. The van der Waals surface area contributed by atoms with Gasteiger partial charge in [0.25, 0.3) is 0 Å². The molecule has 0 bridgehead atoms. The van der Waals surface area contributed by atoms with Crippen molar-refractivity contribution in [2.45, 2.75) is 39.5 Å². The van der Waals surface area contributed by atoms with Gasteiger partial charge in [-0.05, 0) is 12.3 Å². The van der Waals surface area contributed by atoms with Crippen LogP contribution in [0.2, 0.25) is 0 Å². The molecule has 0 heterocycles. The van der Waals surface area contributed by atoms with Crippen LogP contribution >= 0.6 is 0 Å². The lowest BCUT2D eigenvalue weighted by Crippen LogP contribution is -2.27. The fourth-order valence-electron chi connectivity index (χ4n) is 1.17. The second kappa shape index (κ2) is 11.6. The monoisotopic (exact) mass is 234 g/mol. The third-order valence-corrected chi connectivity index (χ3v) is 2.09. The number of nitrogens with one attached hydrogen (secondary N) is 1. The molecule has 1 atom stereocenters. The first-order chi connectivity index (χ1) is 7.43. The zero-order chi connectivity index (χ0) is 13.0. The predicted molar refractivity (Wildman–Crippen MR) is 61.5 cm³/mol. The summed E-state index contributed by atoms with van der Waals surface area (Å²) in [5, 5.41) is 18.0. The molecule has 6 heteroatoms.